The van der Waals surface area contributed by atoms with Crippen molar-refractivity contribution >= 4 is 11.8 Å². The molecular weight excluding hydrogens is 273 g/mol. The van der Waals surface area contributed by atoms with Crippen molar-refractivity contribution in [2.24, 2.45) is 5.41 Å². The van der Waals surface area contributed by atoms with Crippen molar-refractivity contribution < 1.29 is 27.5 Å². The quantitative estimate of drug-likeness (QED) is 0.631. The van der Waals surface area contributed by atoms with Gasteiger partial charge in [0.2, 0.25) is 0 Å². The molecule has 1 rings (SSSR count). The Morgan fingerprint density at radius 1 is 1.05 bits per heavy atom. The lowest BCUT2D eigenvalue weighted by Gasteiger charge is -2.16. The van der Waals surface area contributed by atoms with Gasteiger partial charge in [-0.2, -0.15) is 13.2 Å². The molecule has 1 aromatic rings. The van der Waals surface area contributed by atoms with E-state index in [1.165, 1.54) is 0 Å². The van der Waals surface area contributed by atoms with Crippen molar-refractivity contribution in [2.75, 3.05) is 6.61 Å². The number of alkyl halides is 3. The van der Waals surface area contributed by atoms with E-state index in [0.717, 1.165) is 24.3 Å². The first kappa shape index (κ1) is 16.2. The van der Waals surface area contributed by atoms with Crippen LogP contribution in [0, 0.1) is 5.41 Å². The normalized spacial score (nSPS) is 12.1. The van der Waals surface area contributed by atoms with Crippen molar-refractivity contribution in [3.8, 4) is 0 Å². The smallest absolute Gasteiger partial charge is 0.416 e. The van der Waals surface area contributed by atoms with E-state index >= 15 is 0 Å². The fourth-order valence-electron chi connectivity index (χ4n) is 1.28. The molecule has 0 radical (unpaired) electrons. The molecule has 0 amide bonds. The highest BCUT2D eigenvalue weighted by Gasteiger charge is 2.30. The number of ether oxygens (including phenoxy) is 1. The van der Waals surface area contributed by atoms with Crippen LogP contribution in [-0.4, -0.2) is 18.4 Å². The molecule has 110 valence electrons. The van der Waals surface area contributed by atoms with E-state index in [2.05, 4.69) is 0 Å². The summed E-state index contributed by atoms with van der Waals surface area (Å²) in [5.74, 6) is -1.09. The molecule has 0 aromatic heterocycles. The summed E-state index contributed by atoms with van der Waals surface area (Å²) in [7, 11) is 0. The second kappa shape index (κ2) is 5.64. The molecule has 0 aliphatic carbocycles. The first-order valence-electron chi connectivity index (χ1n) is 5.89. The van der Waals surface area contributed by atoms with Gasteiger partial charge < -0.3 is 4.74 Å². The number of rotatable bonds is 3. The van der Waals surface area contributed by atoms with Gasteiger partial charge in [0.05, 0.1) is 11.0 Å². The predicted molar refractivity (Wildman–Crippen MR) is 66.2 cm³/mol. The van der Waals surface area contributed by atoms with Crippen LogP contribution in [0.1, 0.15) is 36.7 Å². The van der Waals surface area contributed by atoms with E-state index < -0.39 is 35.5 Å². The second-order valence-corrected chi connectivity index (χ2v) is 5.32. The third-order valence-electron chi connectivity index (χ3n) is 2.48. The van der Waals surface area contributed by atoms with Gasteiger partial charge in [0.15, 0.2) is 12.4 Å². The Kier molecular flexibility index (Phi) is 4.57. The van der Waals surface area contributed by atoms with E-state index in [0.29, 0.717) is 0 Å². The summed E-state index contributed by atoms with van der Waals surface area (Å²) >= 11 is 0. The van der Waals surface area contributed by atoms with Crippen molar-refractivity contribution in [1.82, 2.24) is 0 Å². The van der Waals surface area contributed by atoms with Gasteiger partial charge in [0, 0.05) is 5.56 Å². The molecule has 0 atom stereocenters. The SMILES string of the molecule is CC(C)(C)C(=O)OCC(=O)c1ccc(C(F)(F)F)cc1. The molecule has 0 bridgehead atoms. The molecule has 0 saturated carbocycles. The highest BCUT2D eigenvalue weighted by atomic mass is 19.4. The van der Waals surface area contributed by atoms with Gasteiger partial charge in [-0.1, -0.05) is 12.1 Å². The number of Topliss-reactive ketones (excluding diaryl/α,β-unsaturated/α-hetero) is 1. The van der Waals surface area contributed by atoms with Crippen LogP contribution in [0.25, 0.3) is 0 Å². The van der Waals surface area contributed by atoms with Gasteiger partial charge in [-0.3, -0.25) is 9.59 Å². The van der Waals surface area contributed by atoms with Gasteiger partial charge in [0.1, 0.15) is 0 Å². The largest absolute Gasteiger partial charge is 0.457 e. The first-order chi connectivity index (χ1) is 9.01. The van der Waals surface area contributed by atoms with Crippen LogP contribution in [0.15, 0.2) is 24.3 Å². The van der Waals surface area contributed by atoms with E-state index in [1.54, 1.807) is 20.8 Å². The first-order valence-corrected chi connectivity index (χ1v) is 5.89. The fraction of sp³-hybridized carbons (Fsp3) is 0.429. The third kappa shape index (κ3) is 4.36. The summed E-state index contributed by atoms with van der Waals surface area (Å²) in [6, 6.07) is 3.77. The zero-order valence-corrected chi connectivity index (χ0v) is 11.4. The van der Waals surface area contributed by atoms with Crippen LogP contribution in [0.5, 0.6) is 0 Å². The van der Waals surface area contributed by atoms with Crippen LogP contribution in [0.4, 0.5) is 13.2 Å². The fourth-order valence-corrected chi connectivity index (χ4v) is 1.28. The lowest BCUT2D eigenvalue weighted by Crippen LogP contribution is -2.25. The molecule has 1 aromatic carbocycles. The van der Waals surface area contributed by atoms with Gasteiger partial charge in [0.25, 0.3) is 0 Å². The molecular formula is C14H15F3O3. The van der Waals surface area contributed by atoms with E-state index in [1.807, 2.05) is 0 Å². The maximum absolute atomic E-state index is 12.4. The molecule has 0 aliphatic rings. The number of ketones is 1. The maximum atomic E-state index is 12.4. The highest BCUT2D eigenvalue weighted by Crippen LogP contribution is 2.29. The molecule has 0 aliphatic heterocycles. The Labute approximate surface area is 114 Å². The minimum absolute atomic E-state index is 0.0692. The minimum Gasteiger partial charge on any atom is -0.457 e. The van der Waals surface area contributed by atoms with Crippen molar-refractivity contribution in [1.29, 1.82) is 0 Å². The Bertz CT molecular complexity index is 496. The third-order valence-corrected chi connectivity index (χ3v) is 2.48. The maximum Gasteiger partial charge on any atom is 0.416 e. The van der Waals surface area contributed by atoms with Gasteiger partial charge >= 0.3 is 12.1 Å². The molecule has 6 heteroatoms. The average molecular weight is 288 g/mol. The summed E-state index contributed by atoms with van der Waals surface area (Å²) < 4.78 is 41.9. The standard InChI is InChI=1S/C14H15F3O3/c1-13(2,3)12(19)20-8-11(18)9-4-6-10(7-5-9)14(15,16)17/h4-7H,8H2,1-3H3. The lowest BCUT2D eigenvalue weighted by molar-refractivity contribution is -0.151. The van der Waals surface area contributed by atoms with Crippen LogP contribution >= 0.6 is 0 Å². The molecule has 0 saturated heterocycles. The minimum atomic E-state index is -4.44. The molecule has 0 N–H and O–H groups in total. The Morgan fingerprint density at radius 3 is 1.95 bits per heavy atom. The van der Waals surface area contributed by atoms with Crippen LogP contribution in [0.2, 0.25) is 0 Å². The number of halogens is 3. The molecule has 0 heterocycles. The highest BCUT2D eigenvalue weighted by molar-refractivity contribution is 5.98. The summed E-state index contributed by atoms with van der Waals surface area (Å²) in [5, 5.41) is 0. The van der Waals surface area contributed by atoms with Crippen molar-refractivity contribution in [3.63, 3.8) is 0 Å². The number of carbonyl (C=O) groups is 2. The van der Waals surface area contributed by atoms with Crippen LogP contribution in [-0.2, 0) is 15.7 Å². The van der Waals surface area contributed by atoms with Gasteiger partial charge in [-0.05, 0) is 32.9 Å². The van der Waals surface area contributed by atoms with Crippen molar-refractivity contribution in [3.05, 3.63) is 35.4 Å². The predicted octanol–water partition coefficient (Wildman–Crippen LogP) is 3.48. The Hall–Kier alpha value is -1.85. The molecule has 0 fully saturated rings. The van der Waals surface area contributed by atoms with E-state index in [9.17, 15) is 22.8 Å². The summed E-state index contributed by atoms with van der Waals surface area (Å²) in [6.07, 6.45) is -4.44. The molecule has 3 nitrogen and oxygen atoms in total. The van der Waals surface area contributed by atoms with Crippen LogP contribution < -0.4 is 0 Å². The number of esters is 1. The number of hydrogen-bond acceptors (Lipinski definition) is 3. The zero-order chi connectivity index (χ0) is 15.6. The zero-order valence-electron chi connectivity index (χ0n) is 11.4. The van der Waals surface area contributed by atoms with E-state index in [4.69, 9.17) is 4.74 Å². The second-order valence-electron chi connectivity index (χ2n) is 5.32. The number of benzene rings is 1. The number of hydrogen-bond donors (Lipinski definition) is 0. The Morgan fingerprint density at radius 2 is 1.55 bits per heavy atom. The monoisotopic (exact) mass is 288 g/mol. The Balaban J connectivity index is 2.68. The van der Waals surface area contributed by atoms with Crippen LogP contribution in [0.3, 0.4) is 0 Å². The number of carbonyl (C=O) groups excluding carboxylic acids is 2. The lowest BCUT2D eigenvalue weighted by atomic mass is 9.97. The van der Waals surface area contributed by atoms with E-state index in [-0.39, 0.29) is 5.56 Å². The molecule has 0 spiro atoms. The summed E-state index contributed by atoms with van der Waals surface area (Å²) in [6.45, 7) is 4.43. The van der Waals surface area contributed by atoms with Gasteiger partial charge in [-0.15, -0.1) is 0 Å². The summed E-state index contributed by atoms with van der Waals surface area (Å²) in [5.41, 5.74) is -1.50. The molecule has 20 heavy (non-hydrogen) atoms. The molecule has 0 unspecified atom stereocenters. The topological polar surface area (TPSA) is 43.4 Å². The summed E-state index contributed by atoms with van der Waals surface area (Å²) in [4.78, 5) is 23.1. The average Bonchev–Trinajstić information content (AvgIpc) is 2.33. The van der Waals surface area contributed by atoms with Gasteiger partial charge in [-0.25, -0.2) is 0 Å². The van der Waals surface area contributed by atoms with Crippen molar-refractivity contribution in [2.45, 2.75) is 26.9 Å².